The molecular formula is C13H13Cl2NO3S. The van der Waals surface area contributed by atoms with E-state index < -0.39 is 9.05 Å². The summed E-state index contributed by atoms with van der Waals surface area (Å²) in [5, 5.41) is 0.157. The van der Waals surface area contributed by atoms with Gasteiger partial charge in [-0.2, -0.15) is 0 Å². The summed E-state index contributed by atoms with van der Waals surface area (Å²) in [5.74, 6) is -0.267. The van der Waals surface area contributed by atoms with E-state index in [9.17, 15) is 13.2 Å². The Kier molecular flexibility index (Phi) is 4.42. The van der Waals surface area contributed by atoms with Gasteiger partial charge in [-0.15, -0.1) is 6.58 Å². The highest BCUT2D eigenvalue weighted by atomic mass is 35.7. The molecule has 20 heavy (non-hydrogen) atoms. The number of carbonyl (C=O) groups is 1. The third kappa shape index (κ3) is 3.53. The predicted octanol–water partition coefficient (Wildman–Crippen LogP) is 3.06. The number of hydrogen-bond acceptors (Lipinski definition) is 3. The fourth-order valence-corrected chi connectivity index (χ4v) is 3.02. The molecule has 0 unspecified atom stereocenters. The highest BCUT2D eigenvalue weighted by molar-refractivity contribution is 8.13. The van der Waals surface area contributed by atoms with E-state index in [0.29, 0.717) is 6.54 Å². The molecule has 0 saturated heterocycles. The lowest BCUT2D eigenvalue weighted by molar-refractivity contribution is 0.0762. The molecule has 1 aliphatic rings. The second-order valence-electron chi connectivity index (χ2n) is 4.59. The molecule has 1 aromatic carbocycles. The van der Waals surface area contributed by atoms with Crippen LogP contribution in [0.5, 0.6) is 0 Å². The second-order valence-corrected chi connectivity index (χ2v) is 7.59. The summed E-state index contributed by atoms with van der Waals surface area (Å²) in [5.41, 5.74) is 0.213. The van der Waals surface area contributed by atoms with Crippen LogP contribution in [0, 0.1) is 0 Å². The summed E-state index contributed by atoms with van der Waals surface area (Å²) in [7, 11) is 1.37. The Bertz CT molecular complexity index is 654. The number of carbonyl (C=O) groups excluding carboxylic acids is 1. The van der Waals surface area contributed by atoms with E-state index in [0.717, 1.165) is 12.8 Å². The molecule has 2 rings (SSSR count). The van der Waals surface area contributed by atoms with Crippen molar-refractivity contribution in [3.05, 3.63) is 41.4 Å². The maximum atomic E-state index is 12.4. The lowest BCUT2D eigenvalue weighted by Crippen LogP contribution is -2.33. The molecule has 0 spiro atoms. The van der Waals surface area contributed by atoms with Crippen LogP contribution in [0.1, 0.15) is 23.2 Å². The number of hydrogen-bond donors (Lipinski definition) is 0. The first-order valence-electron chi connectivity index (χ1n) is 6.00. The molecule has 0 atom stereocenters. The molecule has 4 nitrogen and oxygen atoms in total. The van der Waals surface area contributed by atoms with Crippen LogP contribution >= 0.6 is 22.3 Å². The Hall–Kier alpha value is -1.04. The van der Waals surface area contributed by atoms with E-state index in [1.807, 2.05) is 0 Å². The van der Waals surface area contributed by atoms with Crippen molar-refractivity contribution in [3.63, 3.8) is 0 Å². The van der Waals surface area contributed by atoms with Crippen molar-refractivity contribution in [1.29, 1.82) is 0 Å². The molecule has 0 heterocycles. The van der Waals surface area contributed by atoms with E-state index in [-0.39, 0.29) is 27.4 Å². The van der Waals surface area contributed by atoms with Crippen molar-refractivity contribution in [3.8, 4) is 0 Å². The minimum absolute atomic E-state index is 0.157. The topological polar surface area (TPSA) is 54.5 Å². The number of benzene rings is 1. The van der Waals surface area contributed by atoms with Gasteiger partial charge in [0.15, 0.2) is 0 Å². The van der Waals surface area contributed by atoms with Crippen molar-refractivity contribution in [2.24, 2.45) is 0 Å². The van der Waals surface area contributed by atoms with E-state index in [1.54, 1.807) is 11.0 Å². The minimum Gasteiger partial charge on any atom is -0.332 e. The van der Waals surface area contributed by atoms with Crippen molar-refractivity contribution in [2.45, 2.75) is 23.8 Å². The Morgan fingerprint density at radius 1 is 1.40 bits per heavy atom. The number of rotatable bonds is 5. The summed E-state index contributed by atoms with van der Waals surface area (Å²) in [4.78, 5) is 13.9. The van der Waals surface area contributed by atoms with Crippen LogP contribution in [-0.4, -0.2) is 31.8 Å². The van der Waals surface area contributed by atoms with E-state index in [2.05, 4.69) is 6.58 Å². The first-order chi connectivity index (χ1) is 9.32. The molecule has 1 fully saturated rings. The van der Waals surface area contributed by atoms with Gasteiger partial charge in [-0.05, 0) is 31.0 Å². The van der Waals surface area contributed by atoms with Gasteiger partial charge in [0.1, 0.15) is 0 Å². The molecule has 0 N–H and O–H groups in total. The fraction of sp³-hybridized carbons (Fsp3) is 0.308. The van der Waals surface area contributed by atoms with E-state index in [4.69, 9.17) is 22.3 Å². The molecule has 1 saturated carbocycles. The standard InChI is InChI=1S/C13H13Cl2NO3S/c1-2-5-16(11-3-4-11)13(17)9-6-10(14)8-12(7-9)20(15,18)19/h2,6-8,11H,1,3-5H2. The van der Waals surface area contributed by atoms with E-state index in [1.165, 1.54) is 18.2 Å². The SMILES string of the molecule is C=CCN(C(=O)c1cc(Cl)cc(S(=O)(=O)Cl)c1)C1CC1. The second kappa shape index (κ2) is 5.76. The fourth-order valence-electron chi connectivity index (χ4n) is 1.92. The maximum absolute atomic E-state index is 12.4. The van der Waals surface area contributed by atoms with Crippen LogP contribution in [-0.2, 0) is 9.05 Å². The first kappa shape index (κ1) is 15.4. The third-order valence-corrected chi connectivity index (χ3v) is 4.53. The van der Waals surface area contributed by atoms with Gasteiger partial charge in [0.25, 0.3) is 15.0 Å². The highest BCUT2D eigenvalue weighted by Gasteiger charge is 2.32. The smallest absolute Gasteiger partial charge is 0.261 e. The van der Waals surface area contributed by atoms with Gasteiger partial charge in [-0.3, -0.25) is 4.79 Å². The molecule has 0 bridgehead atoms. The van der Waals surface area contributed by atoms with Gasteiger partial charge in [0, 0.05) is 33.9 Å². The summed E-state index contributed by atoms with van der Waals surface area (Å²) in [6.07, 6.45) is 3.53. The van der Waals surface area contributed by atoms with E-state index >= 15 is 0 Å². The first-order valence-corrected chi connectivity index (χ1v) is 8.69. The summed E-state index contributed by atoms with van der Waals surface area (Å²) in [6, 6.07) is 4.09. The zero-order valence-corrected chi connectivity index (χ0v) is 12.9. The van der Waals surface area contributed by atoms with Gasteiger partial charge in [-0.1, -0.05) is 17.7 Å². The quantitative estimate of drug-likeness (QED) is 0.614. The van der Waals surface area contributed by atoms with Crippen LogP contribution < -0.4 is 0 Å². The largest absolute Gasteiger partial charge is 0.332 e. The van der Waals surface area contributed by atoms with Crippen LogP contribution in [0.3, 0.4) is 0 Å². The number of halogens is 2. The zero-order valence-electron chi connectivity index (χ0n) is 10.6. The number of amides is 1. The summed E-state index contributed by atoms with van der Waals surface area (Å²) in [6.45, 7) is 4.04. The number of nitrogens with zero attached hydrogens (tertiary/aromatic N) is 1. The van der Waals surface area contributed by atoms with Crippen LogP contribution in [0.25, 0.3) is 0 Å². The molecule has 0 radical (unpaired) electrons. The molecule has 7 heteroatoms. The Labute approximate surface area is 127 Å². The van der Waals surface area contributed by atoms with Crippen molar-refractivity contribution >= 4 is 37.2 Å². The van der Waals surface area contributed by atoms with Gasteiger partial charge >= 0.3 is 0 Å². The van der Waals surface area contributed by atoms with Crippen LogP contribution in [0.15, 0.2) is 35.7 Å². The highest BCUT2D eigenvalue weighted by Crippen LogP contribution is 2.29. The molecule has 1 amide bonds. The molecular weight excluding hydrogens is 321 g/mol. The Balaban J connectivity index is 2.38. The van der Waals surface area contributed by atoms with Gasteiger partial charge in [-0.25, -0.2) is 8.42 Å². The molecule has 1 aliphatic carbocycles. The normalized spacial score (nSPS) is 14.9. The Morgan fingerprint density at radius 2 is 2.05 bits per heavy atom. The average Bonchev–Trinajstić information content (AvgIpc) is 3.17. The van der Waals surface area contributed by atoms with Gasteiger partial charge < -0.3 is 4.90 Å². The van der Waals surface area contributed by atoms with Crippen molar-refractivity contribution in [1.82, 2.24) is 4.90 Å². The molecule has 0 aliphatic heterocycles. The third-order valence-electron chi connectivity index (χ3n) is 2.97. The zero-order chi connectivity index (χ0) is 14.9. The maximum Gasteiger partial charge on any atom is 0.261 e. The molecule has 108 valence electrons. The van der Waals surface area contributed by atoms with Gasteiger partial charge in [0.05, 0.1) is 4.90 Å². The lowest BCUT2D eigenvalue weighted by atomic mass is 10.2. The summed E-state index contributed by atoms with van der Waals surface area (Å²) < 4.78 is 22.7. The van der Waals surface area contributed by atoms with Crippen LogP contribution in [0.2, 0.25) is 5.02 Å². The average molecular weight is 334 g/mol. The van der Waals surface area contributed by atoms with Crippen molar-refractivity contribution < 1.29 is 13.2 Å². The Morgan fingerprint density at radius 3 is 2.55 bits per heavy atom. The lowest BCUT2D eigenvalue weighted by Gasteiger charge is -2.21. The van der Waals surface area contributed by atoms with Crippen molar-refractivity contribution in [2.75, 3.05) is 6.54 Å². The predicted molar refractivity (Wildman–Crippen MR) is 78.7 cm³/mol. The molecule has 1 aromatic rings. The van der Waals surface area contributed by atoms with Gasteiger partial charge in [0.2, 0.25) is 0 Å². The molecule has 0 aromatic heterocycles. The monoisotopic (exact) mass is 333 g/mol. The van der Waals surface area contributed by atoms with Crippen LogP contribution in [0.4, 0.5) is 0 Å². The minimum atomic E-state index is -3.93. The summed E-state index contributed by atoms with van der Waals surface area (Å²) >= 11 is 5.86.